The molecule has 2 rings (SSSR count). The lowest BCUT2D eigenvalue weighted by Gasteiger charge is -2.03. The zero-order valence-electron chi connectivity index (χ0n) is 10.2. The van der Waals surface area contributed by atoms with Crippen molar-refractivity contribution in [3.05, 3.63) is 52.8 Å². The van der Waals surface area contributed by atoms with Crippen LogP contribution in [0.5, 0.6) is 0 Å². The van der Waals surface area contributed by atoms with E-state index in [0.29, 0.717) is 6.54 Å². The largest absolute Gasteiger partial charge is 0.333 e. The third kappa shape index (κ3) is 3.31. The van der Waals surface area contributed by atoms with Crippen molar-refractivity contribution in [1.29, 1.82) is 0 Å². The maximum Gasteiger partial charge on any atom is 0.142 e. The van der Waals surface area contributed by atoms with E-state index in [-0.39, 0.29) is 10.8 Å². The average molecular weight is 268 g/mol. The second-order valence-electron chi connectivity index (χ2n) is 4.07. The Morgan fingerprint density at radius 3 is 3.00 bits per heavy atom. The molecule has 0 saturated carbocycles. The zero-order chi connectivity index (χ0) is 13.0. The fourth-order valence-corrected chi connectivity index (χ4v) is 1.80. The number of nitrogens with one attached hydrogen (secondary N) is 1. The van der Waals surface area contributed by atoms with Crippen molar-refractivity contribution in [2.75, 3.05) is 6.54 Å². The first-order valence-electron chi connectivity index (χ1n) is 5.84. The molecular formula is C13H15ClFN3. The third-order valence-corrected chi connectivity index (χ3v) is 2.90. The molecule has 5 heteroatoms. The van der Waals surface area contributed by atoms with Crippen LogP contribution in [-0.2, 0) is 13.1 Å². The van der Waals surface area contributed by atoms with Crippen LogP contribution in [-0.4, -0.2) is 16.1 Å². The monoisotopic (exact) mass is 267 g/mol. The van der Waals surface area contributed by atoms with E-state index in [1.807, 2.05) is 23.8 Å². The molecule has 3 nitrogen and oxygen atoms in total. The Kier molecular flexibility index (Phi) is 4.33. The molecule has 0 radical (unpaired) electrons. The molecule has 1 aromatic heterocycles. The summed E-state index contributed by atoms with van der Waals surface area (Å²) in [5.74, 6) is -0.387. The van der Waals surface area contributed by atoms with Gasteiger partial charge in [0.25, 0.3) is 0 Å². The topological polar surface area (TPSA) is 29.9 Å². The Hall–Kier alpha value is -1.39. The number of hydrogen-bond donors (Lipinski definition) is 1. The molecule has 0 fully saturated rings. The second kappa shape index (κ2) is 5.98. The van der Waals surface area contributed by atoms with Crippen LogP contribution < -0.4 is 5.32 Å². The predicted molar refractivity (Wildman–Crippen MR) is 70.1 cm³/mol. The minimum Gasteiger partial charge on any atom is -0.333 e. The third-order valence-electron chi connectivity index (χ3n) is 2.59. The molecule has 0 saturated heterocycles. The minimum absolute atomic E-state index is 0.150. The molecule has 0 spiro atoms. The van der Waals surface area contributed by atoms with Crippen molar-refractivity contribution in [2.24, 2.45) is 0 Å². The Labute approximate surface area is 111 Å². The van der Waals surface area contributed by atoms with E-state index in [1.165, 1.54) is 6.07 Å². The highest BCUT2D eigenvalue weighted by molar-refractivity contribution is 6.30. The van der Waals surface area contributed by atoms with E-state index in [2.05, 4.69) is 10.3 Å². The Morgan fingerprint density at radius 2 is 2.28 bits per heavy atom. The molecule has 0 bridgehead atoms. The molecule has 1 heterocycles. The van der Waals surface area contributed by atoms with Crippen LogP contribution in [0.3, 0.4) is 0 Å². The predicted octanol–water partition coefficient (Wildman–Crippen LogP) is 2.83. The molecule has 18 heavy (non-hydrogen) atoms. The summed E-state index contributed by atoms with van der Waals surface area (Å²) in [6.07, 6.45) is 3.70. The second-order valence-corrected chi connectivity index (χ2v) is 4.47. The number of nitrogens with zero attached hydrogens (tertiary/aromatic N) is 2. The van der Waals surface area contributed by atoms with Gasteiger partial charge in [-0.2, -0.15) is 0 Å². The lowest BCUT2D eigenvalue weighted by atomic mass is 10.2. The van der Waals surface area contributed by atoms with Crippen molar-refractivity contribution in [3.63, 3.8) is 0 Å². The van der Waals surface area contributed by atoms with Crippen LogP contribution in [0.15, 0.2) is 30.7 Å². The molecule has 0 aliphatic rings. The van der Waals surface area contributed by atoms with Gasteiger partial charge in [0, 0.05) is 19.3 Å². The summed E-state index contributed by atoms with van der Waals surface area (Å²) < 4.78 is 15.2. The van der Waals surface area contributed by atoms with Gasteiger partial charge in [-0.3, -0.25) is 0 Å². The lowest BCUT2D eigenvalue weighted by Crippen LogP contribution is -2.11. The van der Waals surface area contributed by atoms with Crippen molar-refractivity contribution < 1.29 is 4.39 Å². The number of hydrogen-bond acceptors (Lipinski definition) is 2. The van der Waals surface area contributed by atoms with Gasteiger partial charge in [-0.25, -0.2) is 9.37 Å². The molecule has 0 amide bonds. The smallest absolute Gasteiger partial charge is 0.142 e. The van der Waals surface area contributed by atoms with Crippen LogP contribution in [0.25, 0.3) is 0 Å². The van der Waals surface area contributed by atoms with Gasteiger partial charge < -0.3 is 9.88 Å². The van der Waals surface area contributed by atoms with E-state index in [1.54, 1.807) is 12.4 Å². The highest BCUT2D eigenvalue weighted by atomic mass is 35.5. The molecule has 0 aliphatic heterocycles. The SMILES string of the molecule is CCNCc1cn(Cc2ccc(Cl)c(F)c2)cn1. The first-order valence-corrected chi connectivity index (χ1v) is 6.22. The van der Waals surface area contributed by atoms with Gasteiger partial charge in [0.2, 0.25) is 0 Å². The lowest BCUT2D eigenvalue weighted by molar-refractivity contribution is 0.624. The summed E-state index contributed by atoms with van der Waals surface area (Å²) in [4.78, 5) is 4.27. The molecule has 0 atom stereocenters. The first kappa shape index (κ1) is 13.1. The maximum atomic E-state index is 13.3. The first-order chi connectivity index (χ1) is 8.69. The van der Waals surface area contributed by atoms with Crippen LogP contribution in [0.1, 0.15) is 18.2 Å². The fourth-order valence-electron chi connectivity index (χ4n) is 1.69. The summed E-state index contributed by atoms with van der Waals surface area (Å²) in [7, 11) is 0. The molecule has 1 aromatic carbocycles. The average Bonchev–Trinajstić information content (AvgIpc) is 2.79. The van der Waals surface area contributed by atoms with Gasteiger partial charge in [0.05, 0.1) is 17.0 Å². The van der Waals surface area contributed by atoms with Crippen molar-refractivity contribution >= 4 is 11.6 Å². The Balaban J connectivity index is 2.04. The number of halogens is 2. The van der Waals surface area contributed by atoms with Gasteiger partial charge >= 0.3 is 0 Å². The molecule has 1 N–H and O–H groups in total. The van der Waals surface area contributed by atoms with Crippen molar-refractivity contribution in [1.82, 2.24) is 14.9 Å². The number of aromatic nitrogens is 2. The van der Waals surface area contributed by atoms with Crippen molar-refractivity contribution in [2.45, 2.75) is 20.0 Å². The zero-order valence-corrected chi connectivity index (χ0v) is 10.9. The van der Waals surface area contributed by atoms with Crippen LogP contribution in [0.4, 0.5) is 4.39 Å². The molecule has 96 valence electrons. The summed E-state index contributed by atoms with van der Waals surface area (Å²) in [6.45, 7) is 4.30. The van der Waals surface area contributed by atoms with E-state index in [4.69, 9.17) is 11.6 Å². The molecule has 0 unspecified atom stereocenters. The van der Waals surface area contributed by atoms with Crippen LogP contribution in [0.2, 0.25) is 5.02 Å². The maximum absolute atomic E-state index is 13.3. The summed E-state index contributed by atoms with van der Waals surface area (Å²) in [5, 5.41) is 3.36. The molecule has 0 aliphatic carbocycles. The highest BCUT2D eigenvalue weighted by Crippen LogP contribution is 2.16. The van der Waals surface area contributed by atoms with Gasteiger partial charge in [0.15, 0.2) is 0 Å². The fraction of sp³-hybridized carbons (Fsp3) is 0.308. The Bertz CT molecular complexity index is 525. The van der Waals surface area contributed by atoms with Gasteiger partial charge in [-0.1, -0.05) is 24.6 Å². The number of imidazole rings is 1. The van der Waals surface area contributed by atoms with E-state index >= 15 is 0 Å². The van der Waals surface area contributed by atoms with Gasteiger partial charge in [0.1, 0.15) is 5.82 Å². The van der Waals surface area contributed by atoms with E-state index < -0.39 is 0 Å². The molecule has 2 aromatic rings. The minimum atomic E-state index is -0.387. The number of benzene rings is 1. The summed E-state index contributed by atoms with van der Waals surface area (Å²) >= 11 is 5.64. The molecular weight excluding hydrogens is 253 g/mol. The Morgan fingerprint density at radius 1 is 1.44 bits per heavy atom. The summed E-state index contributed by atoms with van der Waals surface area (Å²) in [6, 6.07) is 4.84. The van der Waals surface area contributed by atoms with Crippen LogP contribution >= 0.6 is 11.6 Å². The number of rotatable bonds is 5. The van der Waals surface area contributed by atoms with E-state index in [9.17, 15) is 4.39 Å². The van der Waals surface area contributed by atoms with Gasteiger partial charge in [-0.15, -0.1) is 0 Å². The normalized spacial score (nSPS) is 10.8. The summed E-state index contributed by atoms with van der Waals surface area (Å²) in [5.41, 5.74) is 1.84. The standard InChI is InChI=1S/C13H15ClFN3/c1-2-16-6-11-8-18(9-17-11)7-10-3-4-12(14)13(15)5-10/h3-5,8-9,16H,2,6-7H2,1H3. The van der Waals surface area contributed by atoms with E-state index in [0.717, 1.165) is 24.3 Å². The highest BCUT2D eigenvalue weighted by Gasteiger charge is 2.03. The quantitative estimate of drug-likeness (QED) is 0.903. The van der Waals surface area contributed by atoms with Crippen LogP contribution in [0, 0.1) is 5.82 Å². The van der Waals surface area contributed by atoms with Crippen molar-refractivity contribution in [3.8, 4) is 0 Å². The van der Waals surface area contributed by atoms with Gasteiger partial charge in [-0.05, 0) is 24.2 Å².